The molecule has 0 bridgehead atoms. The molecule has 3 heteroatoms. The molecule has 0 aromatic heterocycles. The van der Waals surface area contributed by atoms with Crippen molar-refractivity contribution in [2.45, 2.75) is 65.3 Å². The molecule has 2 nitrogen and oxygen atoms in total. The molecule has 0 amide bonds. The fourth-order valence-corrected chi connectivity index (χ4v) is 2.39. The molecule has 0 heterocycles. The van der Waals surface area contributed by atoms with Gasteiger partial charge in [-0.3, -0.25) is 0 Å². The van der Waals surface area contributed by atoms with Gasteiger partial charge in [-0.05, 0) is 61.8 Å². The fourth-order valence-electron chi connectivity index (χ4n) is 2.22. The van der Waals surface area contributed by atoms with E-state index in [-0.39, 0.29) is 0 Å². The first-order valence-corrected chi connectivity index (χ1v) is 8.05. The topological polar surface area (TPSA) is 35.2 Å². The Morgan fingerprint density at radius 2 is 1.95 bits per heavy atom. The summed E-state index contributed by atoms with van der Waals surface area (Å²) in [4.78, 5) is 0. The Kier molecular flexibility index (Phi) is 7.39. The lowest BCUT2D eigenvalue weighted by atomic mass is 9.92. The summed E-state index contributed by atoms with van der Waals surface area (Å²) < 4.78 is 5.89. The van der Waals surface area contributed by atoms with Crippen LogP contribution in [0.3, 0.4) is 0 Å². The zero-order valence-electron chi connectivity index (χ0n) is 13.2. The van der Waals surface area contributed by atoms with E-state index in [1.807, 2.05) is 6.92 Å². The molecule has 0 aliphatic carbocycles. The van der Waals surface area contributed by atoms with E-state index >= 15 is 0 Å². The molecule has 0 aliphatic heterocycles. The van der Waals surface area contributed by atoms with E-state index in [0.29, 0.717) is 12.0 Å². The van der Waals surface area contributed by atoms with Crippen LogP contribution in [-0.2, 0) is 0 Å². The number of hydrogen-bond acceptors (Lipinski definition) is 2. The number of aryl methyl sites for hydroxylation is 1. The third-order valence-corrected chi connectivity index (χ3v) is 4.19. The van der Waals surface area contributed by atoms with Gasteiger partial charge < -0.3 is 10.5 Å². The standard InChI is InChI=1S/C17H28ClNO/c1-5-9-20-17-10-13(4)16(18)11-15(17)12(3)7-8-14(19)6-2/h10-12,14H,5-9,19H2,1-4H3. The van der Waals surface area contributed by atoms with Crippen LogP contribution in [0.5, 0.6) is 5.75 Å². The van der Waals surface area contributed by atoms with E-state index in [0.717, 1.165) is 48.6 Å². The molecule has 0 fully saturated rings. The van der Waals surface area contributed by atoms with Gasteiger partial charge >= 0.3 is 0 Å². The zero-order valence-corrected chi connectivity index (χ0v) is 14.0. The monoisotopic (exact) mass is 297 g/mol. The van der Waals surface area contributed by atoms with Crippen molar-refractivity contribution in [3.8, 4) is 5.75 Å². The summed E-state index contributed by atoms with van der Waals surface area (Å²) in [5.41, 5.74) is 8.29. The molecule has 0 aliphatic rings. The summed E-state index contributed by atoms with van der Waals surface area (Å²) in [6.45, 7) is 9.24. The third-order valence-electron chi connectivity index (χ3n) is 3.78. The Hall–Kier alpha value is -0.730. The molecule has 1 aromatic rings. The maximum absolute atomic E-state index is 6.27. The highest BCUT2D eigenvalue weighted by atomic mass is 35.5. The molecule has 0 spiro atoms. The Morgan fingerprint density at radius 1 is 1.25 bits per heavy atom. The van der Waals surface area contributed by atoms with Gasteiger partial charge in [0.25, 0.3) is 0 Å². The van der Waals surface area contributed by atoms with Gasteiger partial charge in [0.15, 0.2) is 0 Å². The van der Waals surface area contributed by atoms with Crippen molar-refractivity contribution in [2.24, 2.45) is 5.73 Å². The second-order valence-electron chi connectivity index (χ2n) is 5.63. The second-order valence-corrected chi connectivity index (χ2v) is 6.04. The largest absolute Gasteiger partial charge is 0.493 e. The minimum atomic E-state index is 0.290. The molecule has 1 aromatic carbocycles. The molecule has 114 valence electrons. The molecule has 0 saturated carbocycles. The van der Waals surface area contributed by atoms with Gasteiger partial charge in [-0.2, -0.15) is 0 Å². The van der Waals surface area contributed by atoms with Crippen molar-refractivity contribution in [3.63, 3.8) is 0 Å². The van der Waals surface area contributed by atoms with E-state index in [9.17, 15) is 0 Å². The predicted molar refractivity (Wildman–Crippen MR) is 87.9 cm³/mol. The molecule has 20 heavy (non-hydrogen) atoms. The van der Waals surface area contributed by atoms with Crippen molar-refractivity contribution in [2.75, 3.05) is 6.61 Å². The van der Waals surface area contributed by atoms with E-state index in [2.05, 4.69) is 32.9 Å². The smallest absolute Gasteiger partial charge is 0.123 e. The Labute approximate surface area is 128 Å². The van der Waals surface area contributed by atoms with Crippen LogP contribution in [0.2, 0.25) is 5.02 Å². The van der Waals surface area contributed by atoms with Gasteiger partial charge in [0.1, 0.15) is 5.75 Å². The lowest BCUT2D eigenvalue weighted by Crippen LogP contribution is -2.19. The minimum Gasteiger partial charge on any atom is -0.493 e. The molecule has 2 unspecified atom stereocenters. The van der Waals surface area contributed by atoms with E-state index < -0.39 is 0 Å². The summed E-state index contributed by atoms with van der Waals surface area (Å²) in [5, 5.41) is 0.815. The van der Waals surface area contributed by atoms with Gasteiger partial charge in [0, 0.05) is 11.1 Å². The number of halogens is 1. The van der Waals surface area contributed by atoms with Crippen LogP contribution < -0.4 is 10.5 Å². The fraction of sp³-hybridized carbons (Fsp3) is 0.647. The van der Waals surface area contributed by atoms with E-state index in [4.69, 9.17) is 22.1 Å². The van der Waals surface area contributed by atoms with Crippen LogP contribution in [0.15, 0.2) is 12.1 Å². The van der Waals surface area contributed by atoms with Crippen LogP contribution in [0.25, 0.3) is 0 Å². The van der Waals surface area contributed by atoms with Crippen LogP contribution >= 0.6 is 11.6 Å². The molecule has 0 radical (unpaired) electrons. The summed E-state index contributed by atoms with van der Waals surface area (Å²) >= 11 is 6.27. The summed E-state index contributed by atoms with van der Waals surface area (Å²) in [7, 11) is 0. The van der Waals surface area contributed by atoms with Crippen LogP contribution in [0, 0.1) is 6.92 Å². The Balaban J connectivity index is 2.87. The maximum atomic E-state index is 6.27. The maximum Gasteiger partial charge on any atom is 0.123 e. The number of hydrogen-bond donors (Lipinski definition) is 1. The number of ether oxygens (including phenoxy) is 1. The SMILES string of the molecule is CCCOc1cc(C)c(Cl)cc1C(C)CCC(N)CC. The quantitative estimate of drug-likeness (QED) is 0.728. The third kappa shape index (κ3) is 4.99. The number of rotatable bonds is 8. The molecule has 0 saturated heterocycles. The first kappa shape index (κ1) is 17.3. The summed E-state index contributed by atoms with van der Waals surface area (Å²) in [5.74, 6) is 1.39. The van der Waals surface area contributed by atoms with Gasteiger partial charge in [-0.1, -0.05) is 32.4 Å². The average molecular weight is 298 g/mol. The molecule has 1 rings (SSSR count). The van der Waals surface area contributed by atoms with Crippen LogP contribution in [0.1, 0.15) is 63.5 Å². The highest BCUT2D eigenvalue weighted by Crippen LogP contribution is 2.34. The van der Waals surface area contributed by atoms with Crippen molar-refractivity contribution in [3.05, 3.63) is 28.3 Å². The molecule has 2 atom stereocenters. The Morgan fingerprint density at radius 3 is 2.55 bits per heavy atom. The van der Waals surface area contributed by atoms with E-state index in [1.54, 1.807) is 0 Å². The lowest BCUT2D eigenvalue weighted by molar-refractivity contribution is 0.311. The minimum absolute atomic E-state index is 0.290. The Bertz CT molecular complexity index is 420. The first-order chi connectivity index (χ1) is 9.49. The second kappa shape index (κ2) is 8.53. The predicted octanol–water partition coefficient (Wildman–Crippen LogP) is 5.06. The number of nitrogens with two attached hydrogens (primary N) is 1. The normalized spacial score (nSPS) is 14.1. The first-order valence-electron chi connectivity index (χ1n) is 7.67. The summed E-state index contributed by atoms with van der Waals surface area (Å²) in [6.07, 6.45) is 4.14. The molecule has 2 N–H and O–H groups in total. The van der Waals surface area contributed by atoms with Crippen molar-refractivity contribution >= 4 is 11.6 Å². The van der Waals surface area contributed by atoms with Gasteiger partial charge in [-0.25, -0.2) is 0 Å². The van der Waals surface area contributed by atoms with Crippen LogP contribution in [0.4, 0.5) is 0 Å². The highest BCUT2D eigenvalue weighted by molar-refractivity contribution is 6.31. The average Bonchev–Trinajstić information content (AvgIpc) is 2.45. The van der Waals surface area contributed by atoms with Crippen molar-refractivity contribution in [1.82, 2.24) is 0 Å². The molecular formula is C17H28ClNO. The lowest BCUT2D eigenvalue weighted by Gasteiger charge is -2.19. The van der Waals surface area contributed by atoms with Crippen molar-refractivity contribution in [1.29, 1.82) is 0 Å². The zero-order chi connectivity index (χ0) is 15.1. The van der Waals surface area contributed by atoms with E-state index in [1.165, 1.54) is 5.56 Å². The molecular weight excluding hydrogens is 270 g/mol. The van der Waals surface area contributed by atoms with Gasteiger partial charge in [0.2, 0.25) is 0 Å². The number of benzene rings is 1. The van der Waals surface area contributed by atoms with Gasteiger partial charge in [0.05, 0.1) is 6.61 Å². The van der Waals surface area contributed by atoms with Crippen LogP contribution in [-0.4, -0.2) is 12.6 Å². The summed E-state index contributed by atoms with van der Waals surface area (Å²) in [6, 6.07) is 4.41. The van der Waals surface area contributed by atoms with Gasteiger partial charge in [-0.15, -0.1) is 0 Å². The van der Waals surface area contributed by atoms with Crippen molar-refractivity contribution < 1.29 is 4.74 Å². The highest BCUT2D eigenvalue weighted by Gasteiger charge is 2.15.